The molecule has 2 atom stereocenters. The van der Waals surface area contributed by atoms with E-state index in [9.17, 15) is 10.2 Å². The Morgan fingerprint density at radius 2 is 1.39 bits per heavy atom. The molecule has 0 rings (SSSR count). The van der Waals surface area contributed by atoms with Crippen LogP contribution in [0, 0.1) is 17.8 Å². The first-order chi connectivity index (χ1) is 8.74. The van der Waals surface area contributed by atoms with Crippen molar-refractivity contribution in [2.45, 2.75) is 32.1 Å². The first kappa shape index (κ1) is 17.8. The van der Waals surface area contributed by atoms with Crippen LogP contribution in [0.1, 0.15) is 32.1 Å². The van der Waals surface area contributed by atoms with Crippen LogP contribution >= 0.6 is 0 Å². The molecule has 0 saturated heterocycles. The molecule has 0 aliphatic heterocycles. The summed E-state index contributed by atoms with van der Waals surface area (Å²) in [7, 11) is 0. The zero-order valence-corrected chi connectivity index (χ0v) is 11.0. The van der Waals surface area contributed by atoms with Gasteiger partial charge in [0.05, 0.1) is 0 Å². The van der Waals surface area contributed by atoms with Crippen molar-refractivity contribution >= 4 is 0 Å². The fraction of sp³-hybridized carbons (Fsp3) is 0.923. The minimum Gasteiger partial charge on any atom is -0.396 e. The Morgan fingerprint density at radius 3 is 1.83 bits per heavy atom. The summed E-state index contributed by atoms with van der Waals surface area (Å²) in [6.45, 7) is 0.0190. The van der Waals surface area contributed by atoms with Crippen LogP contribution in [-0.4, -0.2) is 58.6 Å². The van der Waals surface area contributed by atoms with Crippen molar-refractivity contribution < 1.29 is 25.5 Å². The van der Waals surface area contributed by atoms with Crippen molar-refractivity contribution in [3.05, 3.63) is 5.92 Å². The highest BCUT2D eigenvalue weighted by Gasteiger charge is 2.28. The van der Waals surface area contributed by atoms with E-state index in [2.05, 4.69) is 0 Å². The first-order valence-electron chi connectivity index (χ1n) is 6.63. The van der Waals surface area contributed by atoms with E-state index in [1.807, 2.05) is 0 Å². The third-order valence-electron chi connectivity index (χ3n) is 3.37. The summed E-state index contributed by atoms with van der Waals surface area (Å²) < 4.78 is 0. The molecule has 0 spiro atoms. The molecule has 0 aromatic carbocycles. The second kappa shape index (κ2) is 11.9. The largest absolute Gasteiger partial charge is 0.396 e. The van der Waals surface area contributed by atoms with Crippen LogP contribution in [-0.2, 0) is 0 Å². The fourth-order valence-electron chi connectivity index (χ4n) is 2.38. The number of hydrogen-bond donors (Lipinski definition) is 5. The molecule has 2 unspecified atom stereocenters. The average Bonchev–Trinajstić information content (AvgIpc) is 2.40. The smallest absolute Gasteiger partial charge is 0.0497 e. The highest BCUT2D eigenvalue weighted by molar-refractivity contribution is 4.98. The van der Waals surface area contributed by atoms with E-state index >= 15 is 0 Å². The van der Waals surface area contributed by atoms with Gasteiger partial charge in [-0.15, -0.1) is 0 Å². The summed E-state index contributed by atoms with van der Waals surface area (Å²) in [4.78, 5) is 0. The maximum atomic E-state index is 9.43. The molecule has 0 aromatic heterocycles. The van der Waals surface area contributed by atoms with Crippen LogP contribution in [0.3, 0.4) is 0 Å². The fourth-order valence-corrected chi connectivity index (χ4v) is 2.38. The molecule has 109 valence electrons. The van der Waals surface area contributed by atoms with E-state index in [1.165, 1.54) is 0 Å². The zero-order valence-electron chi connectivity index (χ0n) is 11.0. The van der Waals surface area contributed by atoms with Crippen molar-refractivity contribution in [1.29, 1.82) is 0 Å². The monoisotopic (exact) mass is 263 g/mol. The molecule has 0 aliphatic carbocycles. The Balaban J connectivity index is 4.56. The maximum absolute atomic E-state index is 9.43. The standard InChI is InChI=1S/C13H27O5/c14-6-1-3-11(9-17)13(4-2-7-15)12(10-18)5-8-16/h11,13-18H,1-10H2. The molecular weight excluding hydrogens is 236 g/mol. The summed E-state index contributed by atoms with van der Waals surface area (Å²) in [6, 6.07) is 0. The quantitative estimate of drug-likeness (QED) is 0.333. The van der Waals surface area contributed by atoms with Gasteiger partial charge in [-0.25, -0.2) is 0 Å². The van der Waals surface area contributed by atoms with Crippen LogP contribution < -0.4 is 0 Å². The summed E-state index contributed by atoms with van der Waals surface area (Å²) in [5, 5.41) is 45.5. The van der Waals surface area contributed by atoms with Gasteiger partial charge in [0.15, 0.2) is 0 Å². The molecule has 0 aliphatic rings. The van der Waals surface area contributed by atoms with Gasteiger partial charge < -0.3 is 25.5 Å². The molecule has 5 N–H and O–H groups in total. The molecule has 0 fully saturated rings. The average molecular weight is 263 g/mol. The van der Waals surface area contributed by atoms with Crippen molar-refractivity contribution in [1.82, 2.24) is 0 Å². The van der Waals surface area contributed by atoms with Crippen molar-refractivity contribution in [2.24, 2.45) is 11.8 Å². The van der Waals surface area contributed by atoms with Gasteiger partial charge in [-0.1, -0.05) is 0 Å². The molecular formula is C13H27O5. The minimum absolute atomic E-state index is 0.00847. The molecule has 0 aromatic rings. The van der Waals surface area contributed by atoms with E-state index in [0.717, 1.165) is 5.92 Å². The van der Waals surface area contributed by atoms with E-state index < -0.39 is 0 Å². The lowest BCUT2D eigenvalue weighted by molar-refractivity contribution is 0.126. The van der Waals surface area contributed by atoms with E-state index in [4.69, 9.17) is 15.3 Å². The van der Waals surface area contributed by atoms with Gasteiger partial charge in [0.2, 0.25) is 0 Å². The molecule has 1 radical (unpaired) electrons. The normalized spacial score (nSPS) is 15.0. The number of aliphatic hydroxyl groups excluding tert-OH is 5. The van der Waals surface area contributed by atoms with E-state index in [0.29, 0.717) is 32.1 Å². The van der Waals surface area contributed by atoms with Crippen molar-refractivity contribution in [3.63, 3.8) is 0 Å². The molecule has 5 nitrogen and oxygen atoms in total. The van der Waals surface area contributed by atoms with Gasteiger partial charge in [0.1, 0.15) is 0 Å². The number of hydrogen-bond acceptors (Lipinski definition) is 5. The molecule has 5 heteroatoms. The molecule has 0 amide bonds. The Hall–Kier alpha value is -0.200. The van der Waals surface area contributed by atoms with Crippen molar-refractivity contribution in [2.75, 3.05) is 33.0 Å². The Labute approximate surface area is 109 Å². The second-order valence-electron chi connectivity index (χ2n) is 4.57. The molecule has 0 bridgehead atoms. The van der Waals surface area contributed by atoms with Crippen LogP contribution in [0.5, 0.6) is 0 Å². The minimum atomic E-state index is -0.105. The third-order valence-corrected chi connectivity index (χ3v) is 3.37. The van der Waals surface area contributed by atoms with Gasteiger partial charge >= 0.3 is 0 Å². The lowest BCUT2D eigenvalue weighted by Crippen LogP contribution is -2.28. The Bertz CT molecular complexity index is 177. The van der Waals surface area contributed by atoms with Crippen molar-refractivity contribution in [3.8, 4) is 0 Å². The number of rotatable bonds is 12. The van der Waals surface area contributed by atoms with Gasteiger partial charge in [-0.2, -0.15) is 0 Å². The highest BCUT2D eigenvalue weighted by atomic mass is 16.3. The van der Waals surface area contributed by atoms with Crippen LogP contribution in [0.25, 0.3) is 0 Å². The number of aliphatic hydroxyl groups is 5. The third kappa shape index (κ3) is 6.66. The van der Waals surface area contributed by atoms with Crippen LogP contribution in [0.4, 0.5) is 0 Å². The van der Waals surface area contributed by atoms with Gasteiger partial charge in [-0.3, -0.25) is 0 Å². The second-order valence-corrected chi connectivity index (χ2v) is 4.57. The lowest BCUT2D eigenvalue weighted by atomic mass is 9.76. The van der Waals surface area contributed by atoms with Gasteiger partial charge in [0.25, 0.3) is 0 Å². The summed E-state index contributed by atoms with van der Waals surface area (Å²) >= 11 is 0. The molecule has 18 heavy (non-hydrogen) atoms. The van der Waals surface area contributed by atoms with E-state index in [-0.39, 0.29) is 44.9 Å². The Kier molecular flexibility index (Phi) is 11.7. The first-order valence-corrected chi connectivity index (χ1v) is 6.63. The lowest BCUT2D eigenvalue weighted by Gasteiger charge is -2.31. The maximum Gasteiger partial charge on any atom is 0.0497 e. The topological polar surface area (TPSA) is 101 Å². The van der Waals surface area contributed by atoms with Crippen LogP contribution in [0.2, 0.25) is 0 Å². The Morgan fingerprint density at radius 1 is 0.778 bits per heavy atom. The van der Waals surface area contributed by atoms with Crippen LogP contribution in [0.15, 0.2) is 0 Å². The zero-order chi connectivity index (χ0) is 13.8. The highest BCUT2D eigenvalue weighted by Crippen LogP contribution is 2.32. The summed E-state index contributed by atoms with van der Waals surface area (Å²) in [6.07, 6.45) is 3.00. The van der Waals surface area contributed by atoms with Gasteiger partial charge in [-0.05, 0) is 43.9 Å². The predicted molar refractivity (Wildman–Crippen MR) is 68.7 cm³/mol. The molecule has 0 heterocycles. The van der Waals surface area contributed by atoms with Gasteiger partial charge in [0, 0.05) is 39.0 Å². The SMILES string of the molecule is OCCCC(CO)C(CCCO)[C](CO)CCO. The molecule has 0 saturated carbocycles. The predicted octanol–water partition coefficient (Wildman–Crippen LogP) is -0.295. The van der Waals surface area contributed by atoms with E-state index in [1.54, 1.807) is 0 Å². The summed E-state index contributed by atoms with van der Waals surface area (Å²) in [5.74, 6) is 0.784. The summed E-state index contributed by atoms with van der Waals surface area (Å²) in [5.41, 5.74) is 0.